The standard InChI is InChI=1S/C18H30O.K.H/c1-2-3-4-5-6-7-8-9-10-11-14-17-15-12-13-16-18(17)19;;/h12-13,15-16,19H,2-11,14H2,1H3;;. The first-order valence-electron chi connectivity index (χ1n) is 8.11. The molecule has 1 aromatic rings. The van der Waals surface area contributed by atoms with Gasteiger partial charge in [0.15, 0.2) is 0 Å². The molecule has 0 bridgehead atoms. The summed E-state index contributed by atoms with van der Waals surface area (Å²) in [5, 5.41) is 9.65. The SMILES string of the molecule is CCCCCCCCCCCCc1ccccc1O.[KH]. The van der Waals surface area contributed by atoms with Crippen LogP contribution in [0, 0.1) is 0 Å². The fourth-order valence-electron chi connectivity index (χ4n) is 2.53. The van der Waals surface area contributed by atoms with Crippen LogP contribution >= 0.6 is 0 Å². The van der Waals surface area contributed by atoms with Crippen LogP contribution in [0.4, 0.5) is 0 Å². The van der Waals surface area contributed by atoms with Gasteiger partial charge in [-0.05, 0) is 24.5 Å². The fraction of sp³-hybridized carbons (Fsp3) is 0.667. The van der Waals surface area contributed by atoms with Crippen LogP contribution in [-0.4, -0.2) is 56.5 Å². The van der Waals surface area contributed by atoms with Crippen LogP contribution in [0.3, 0.4) is 0 Å². The van der Waals surface area contributed by atoms with Crippen LogP contribution in [0.15, 0.2) is 24.3 Å². The molecule has 0 aliphatic rings. The summed E-state index contributed by atoms with van der Waals surface area (Å²) in [6.45, 7) is 2.27. The number of benzene rings is 1. The van der Waals surface area contributed by atoms with Gasteiger partial charge >= 0.3 is 51.4 Å². The van der Waals surface area contributed by atoms with Gasteiger partial charge in [0.25, 0.3) is 0 Å². The second kappa shape index (κ2) is 14.6. The maximum atomic E-state index is 9.65. The Bertz CT molecular complexity index is 325. The van der Waals surface area contributed by atoms with Crippen LogP contribution in [-0.2, 0) is 6.42 Å². The molecule has 0 spiro atoms. The molecule has 0 aliphatic heterocycles. The predicted molar refractivity (Wildman–Crippen MR) is 90.8 cm³/mol. The molecule has 1 rings (SSSR count). The normalized spacial score (nSPS) is 10.2. The van der Waals surface area contributed by atoms with E-state index in [0.717, 1.165) is 12.0 Å². The quantitative estimate of drug-likeness (QED) is 0.439. The minimum absolute atomic E-state index is 0. The van der Waals surface area contributed by atoms with Crippen molar-refractivity contribution in [1.82, 2.24) is 0 Å². The molecule has 0 saturated heterocycles. The molecule has 0 saturated carbocycles. The molecular weight excluding hydrogens is 271 g/mol. The third kappa shape index (κ3) is 10.4. The number of rotatable bonds is 11. The van der Waals surface area contributed by atoms with E-state index in [0.29, 0.717) is 5.75 Å². The van der Waals surface area contributed by atoms with E-state index in [-0.39, 0.29) is 51.4 Å². The zero-order chi connectivity index (χ0) is 13.8. The number of phenols is 1. The van der Waals surface area contributed by atoms with Gasteiger partial charge in [-0.15, -0.1) is 0 Å². The summed E-state index contributed by atoms with van der Waals surface area (Å²) in [7, 11) is 0. The molecule has 0 aliphatic carbocycles. The number of aryl methyl sites for hydroxylation is 1. The molecule has 0 radical (unpaired) electrons. The summed E-state index contributed by atoms with van der Waals surface area (Å²) in [5.74, 6) is 0.457. The van der Waals surface area contributed by atoms with E-state index in [9.17, 15) is 5.11 Å². The summed E-state index contributed by atoms with van der Waals surface area (Å²) in [5.41, 5.74) is 1.10. The average Bonchev–Trinajstić information content (AvgIpc) is 2.43. The van der Waals surface area contributed by atoms with Gasteiger partial charge in [-0.25, -0.2) is 0 Å². The van der Waals surface area contributed by atoms with E-state index in [4.69, 9.17) is 0 Å². The number of hydrogen-bond donors (Lipinski definition) is 1. The molecule has 110 valence electrons. The van der Waals surface area contributed by atoms with Crippen molar-refractivity contribution in [3.8, 4) is 5.75 Å². The molecule has 0 aromatic heterocycles. The van der Waals surface area contributed by atoms with Gasteiger partial charge in [0.05, 0.1) is 0 Å². The number of para-hydroxylation sites is 1. The van der Waals surface area contributed by atoms with Gasteiger partial charge in [0.1, 0.15) is 5.75 Å². The zero-order valence-electron chi connectivity index (χ0n) is 12.5. The number of phenolic OH excluding ortho intramolecular Hbond substituents is 1. The summed E-state index contributed by atoms with van der Waals surface area (Å²) in [4.78, 5) is 0. The molecule has 0 heterocycles. The zero-order valence-corrected chi connectivity index (χ0v) is 12.5. The summed E-state index contributed by atoms with van der Waals surface area (Å²) in [6.07, 6.45) is 14.6. The van der Waals surface area contributed by atoms with E-state index >= 15 is 0 Å². The topological polar surface area (TPSA) is 20.2 Å². The molecule has 1 N–H and O–H groups in total. The van der Waals surface area contributed by atoms with Gasteiger partial charge < -0.3 is 5.11 Å². The first-order valence-corrected chi connectivity index (χ1v) is 8.11. The van der Waals surface area contributed by atoms with E-state index in [1.807, 2.05) is 18.2 Å². The molecule has 2 heteroatoms. The maximum absolute atomic E-state index is 9.65. The van der Waals surface area contributed by atoms with Crippen LogP contribution in [0.1, 0.15) is 76.7 Å². The van der Waals surface area contributed by atoms with Gasteiger partial charge in [0.2, 0.25) is 0 Å². The van der Waals surface area contributed by atoms with E-state index in [2.05, 4.69) is 6.92 Å². The van der Waals surface area contributed by atoms with Crippen molar-refractivity contribution in [2.45, 2.75) is 77.6 Å². The molecule has 0 amide bonds. The summed E-state index contributed by atoms with van der Waals surface area (Å²) in [6, 6.07) is 7.71. The van der Waals surface area contributed by atoms with E-state index < -0.39 is 0 Å². The van der Waals surface area contributed by atoms with Crippen LogP contribution < -0.4 is 0 Å². The number of unbranched alkanes of at least 4 members (excludes halogenated alkanes) is 9. The van der Waals surface area contributed by atoms with Crippen LogP contribution in [0.2, 0.25) is 0 Å². The Labute approximate surface area is 168 Å². The van der Waals surface area contributed by atoms with Crippen molar-refractivity contribution in [1.29, 1.82) is 0 Å². The van der Waals surface area contributed by atoms with Gasteiger partial charge in [0, 0.05) is 0 Å². The first-order chi connectivity index (χ1) is 9.34. The van der Waals surface area contributed by atoms with Crippen molar-refractivity contribution >= 4 is 51.4 Å². The van der Waals surface area contributed by atoms with Crippen molar-refractivity contribution in [2.24, 2.45) is 0 Å². The Morgan fingerprint density at radius 1 is 0.750 bits per heavy atom. The molecule has 0 unspecified atom stereocenters. The average molecular weight is 303 g/mol. The van der Waals surface area contributed by atoms with Crippen molar-refractivity contribution in [3.63, 3.8) is 0 Å². The summed E-state index contributed by atoms with van der Waals surface area (Å²) < 4.78 is 0. The second-order valence-electron chi connectivity index (χ2n) is 5.56. The molecular formula is C18H31KO. The van der Waals surface area contributed by atoms with E-state index in [1.54, 1.807) is 6.07 Å². The van der Waals surface area contributed by atoms with Crippen molar-refractivity contribution < 1.29 is 5.11 Å². The third-order valence-electron chi connectivity index (χ3n) is 3.79. The molecule has 1 aromatic carbocycles. The van der Waals surface area contributed by atoms with E-state index in [1.165, 1.54) is 64.2 Å². The van der Waals surface area contributed by atoms with Crippen LogP contribution in [0.25, 0.3) is 0 Å². The Kier molecular flexibility index (Phi) is 15.1. The Morgan fingerprint density at radius 3 is 1.80 bits per heavy atom. The minimum atomic E-state index is 0. The van der Waals surface area contributed by atoms with Gasteiger partial charge in [-0.2, -0.15) is 0 Å². The van der Waals surface area contributed by atoms with Gasteiger partial charge in [-0.3, -0.25) is 0 Å². The predicted octanol–water partition coefficient (Wildman–Crippen LogP) is 5.21. The second-order valence-corrected chi connectivity index (χ2v) is 5.56. The monoisotopic (exact) mass is 302 g/mol. The van der Waals surface area contributed by atoms with Crippen LogP contribution in [0.5, 0.6) is 5.75 Å². The van der Waals surface area contributed by atoms with Gasteiger partial charge in [-0.1, -0.05) is 82.9 Å². The Balaban J connectivity index is 0.00000361. The van der Waals surface area contributed by atoms with Crippen molar-refractivity contribution in [3.05, 3.63) is 29.8 Å². The Hall–Kier alpha value is 0.656. The fourth-order valence-corrected chi connectivity index (χ4v) is 2.53. The molecule has 20 heavy (non-hydrogen) atoms. The molecule has 0 fully saturated rings. The Morgan fingerprint density at radius 2 is 1.25 bits per heavy atom. The van der Waals surface area contributed by atoms with Crippen molar-refractivity contribution in [2.75, 3.05) is 0 Å². The number of aromatic hydroxyl groups is 1. The third-order valence-corrected chi connectivity index (χ3v) is 3.79. The summed E-state index contributed by atoms with van der Waals surface area (Å²) >= 11 is 0. The number of hydrogen-bond acceptors (Lipinski definition) is 1. The molecule has 0 atom stereocenters. The first kappa shape index (κ1) is 20.7. The molecule has 1 nitrogen and oxygen atoms in total.